The zero-order chi connectivity index (χ0) is 17.0. The predicted octanol–water partition coefficient (Wildman–Crippen LogP) is 2.26. The van der Waals surface area contributed by atoms with Crippen LogP contribution in [-0.2, 0) is 11.2 Å². The lowest BCUT2D eigenvalue weighted by Crippen LogP contribution is -2.35. The second kappa shape index (κ2) is 7.41. The van der Waals surface area contributed by atoms with Gasteiger partial charge in [0.2, 0.25) is 0 Å². The van der Waals surface area contributed by atoms with Gasteiger partial charge in [0.25, 0.3) is 0 Å². The minimum Gasteiger partial charge on any atom is -0.535 e. The number of fused-ring (bicyclic) bond motifs is 1. The third-order valence-electron chi connectivity index (χ3n) is 4.03. The molecule has 0 aliphatic carbocycles. The van der Waals surface area contributed by atoms with Gasteiger partial charge >= 0.3 is 7.12 Å². The lowest BCUT2D eigenvalue weighted by atomic mass is 9.64. The van der Waals surface area contributed by atoms with E-state index in [-0.39, 0.29) is 30.2 Å². The molecule has 2 N–H and O–H groups in total. The lowest BCUT2D eigenvalue weighted by molar-refractivity contribution is -0.119. The molecule has 0 radical (unpaired) electrons. The van der Waals surface area contributed by atoms with Crippen molar-refractivity contribution in [2.75, 3.05) is 0 Å². The van der Waals surface area contributed by atoms with E-state index in [4.69, 9.17) is 9.86 Å². The van der Waals surface area contributed by atoms with Gasteiger partial charge in [0.15, 0.2) is 5.78 Å². The van der Waals surface area contributed by atoms with E-state index >= 15 is 0 Å². The van der Waals surface area contributed by atoms with E-state index < -0.39 is 7.12 Å². The number of Topliss-reactive ketones (excluding diaryl/α,β-unsaturated/α-hetero) is 2. The van der Waals surface area contributed by atoms with Crippen LogP contribution in [0.4, 0.5) is 0 Å². The maximum atomic E-state index is 12.0. The Hall–Kier alpha value is -2.15. The van der Waals surface area contributed by atoms with Crippen molar-refractivity contribution in [1.29, 1.82) is 0 Å². The summed E-state index contributed by atoms with van der Waals surface area (Å²) in [5.74, 6) is -0.0720. The second-order valence-corrected chi connectivity index (χ2v) is 5.90. The number of hydrogen-bond acceptors (Lipinski definition) is 6. The van der Waals surface area contributed by atoms with Crippen molar-refractivity contribution in [2.45, 2.75) is 45.3 Å². The Balaban J connectivity index is 2.06. The Morgan fingerprint density at radius 3 is 2.74 bits per heavy atom. The summed E-state index contributed by atoms with van der Waals surface area (Å²) >= 11 is 0. The highest BCUT2D eigenvalue weighted by atomic mass is 16.5. The first-order valence-electron chi connectivity index (χ1n) is 7.59. The predicted molar refractivity (Wildman–Crippen MR) is 86.3 cm³/mol. The van der Waals surface area contributed by atoms with Gasteiger partial charge in [0.05, 0.1) is 11.3 Å². The fourth-order valence-corrected chi connectivity index (χ4v) is 2.70. The number of para-hydroxylation sites is 1. The van der Waals surface area contributed by atoms with Crippen LogP contribution in [0.25, 0.3) is 0 Å². The van der Waals surface area contributed by atoms with Gasteiger partial charge in [-0.05, 0) is 38.3 Å². The third kappa shape index (κ3) is 4.19. The van der Waals surface area contributed by atoms with Crippen molar-refractivity contribution in [3.63, 3.8) is 0 Å². The maximum Gasteiger partial charge on any atom is 0.526 e. The Labute approximate surface area is 135 Å². The molecule has 0 saturated carbocycles. The molecule has 122 valence electrons. The molecule has 1 atom stereocenters. The Morgan fingerprint density at radius 2 is 2.09 bits per heavy atom. The molecule has 1 aromatic carbocycles. The minimum atomic E-state index is -1.11. The number of hydrogen-bond donors (Lipinski definition) is 2. The van der Waals surface area contributed by atoms with E-state index in [1.165, 1.54) is 6.92 Å². The molecule has 0 fully saturated rings. The van der Waals surface area contributed by atoms with Crippen molar-refractivity contribution in [2.24, 2.45) is 5.16 Å². The standard InChI is InChI=1S/C16H20BNO5/c1-10(18-22)6-7-14(20)9-13-8-12-4-3-5-15(11(2)19)16(12)23-17(13)21/h3-5,13,21-22H,6-9H2,1-2H3/t13-/m1/s1. The van der Waals surface area contributed by atoms with Crippen molar-refractivity contribution < 1.29 is 24.5 Å². The van der Waals surface area contributed by atoms with E-state index in [1.807, 2.05) is 6.07 Å². The quantitative estimate of drug-likeness (QED) is 0.276. The minimum absolute atomic E-state index is 0.0215. The van der Waals surface area contributed by atoms with Crippen molar-refractivity contribution >= 4 is 24.4 Å². The summed E-state index contributed by atoms with van der Waals surface area (Å²) in [6.07, 6.45) is 1.32. The van der Waals surface area contributed by atoms with Crippen LogP contribution >= 0.6 is 0 Å². The molecule has 0 aromatic heterocycles. The van der Waals surface area contributed by atoms with Gasteiger partial charge in [-0.1, -0.05) is 17.3 Å². The van der Waals surface area contributed by atoms with Crippen LogP contribution in [0.2, 0.25) is 5.82 Å². The largest absolute Gasteiger partial charge is 0.535 e. The van der Waals surface area contributed by atoms with Crippen LogP contribution in [-0.4, -0.2) is 34.6 Å². The molecule has 1 aliphatic heterocycles. The van der Waals surface area contributed by atoms with Crippen molar-refractivity contribution in [1.82, 2.24) is 0 Å². The van der Waals surface area contributed by atoms with Crippen LogP contribution < -0.4 is 4.65 Å². The maximum absolute atomic E-state index is 12.0. The Bertz CT molecular complexity index is 643. The first-order chi connectivity index (χ1) is 10.9. The van der Waals surface area contributed by atoms with Crippen LogP contribution in [0, 0.1) is 0 Å². The molecule has 23 heavy (non-hydrogen) atoms. The molecule has 0 saturated heterocycles. The summed E-state index contributed by atoms with van der Waals surface area (Å²) in [7, 11) is -1.11. The lowest BCUT2D eigenvalue weighted by Gasteiger charge is -2.28. The van der Waals surface area contributed by atoms with Gasteiger partial charge in [-0.3, -0.25) is 9.59 Å². The molecule has 6 nitrogen and oxygen atoms in total. The number of carbonyl (C=O) groups is 2. The van der Waals surface area contributed by atoms with Gasteiger partial charge in [-0.25, -0.2) is 0 Å². The smallest absolute Gasteiger partial charge is 0.526 e. The topological polar surface area (TPSA) is 96.2 Å². The molecule has 7 heteroatoms. The number of carbonyl (C=O) groups excluding carboxylic acids is 2. The molecule has 0 spiro atoms. The van der Waals surface area contributed by atoms with E-state index in [9.17, 15) is 14.6 Å². The van der Waals surface area contributed by atoms with Crippen LogP contribution in [0.3, 0.4) is 0 Å². The number of ketones is 2. The van der Waals surface area contributed by atoms with E-state index in [0.717, 1.165) is 5.56 Å². The highest BCUT2D eigenvalue weighted by Gasteiger charge is 2.37. The average Bonchev–Trinajstić information content (AvgIpc) is 2.52. The van der Waals surface area contributed by atoms with E-state index in [1.54, 1.807) is 19.1 Å². The molecular formula is C16H20BNO5. The molecule has 1 aliphatic rings. The number of benzene rings is 1. The first-order valence-corrected chi connectivity index (χ1v) is 7.59. The average molecular weight is 317 g/mol. The monoisotopic (exact) mass is 317 g/mol. The molecular weight excluding hydrogens is 297 g/mol. The highest BCUT2D eigenvalue weighted by Crippen LogP contribution is 2.36. The zero-order valence-electron chi connectivity index (χ0n) is 13.3. The van der Waals surface area contributed by atoms with Gasteiger partial charge in [0.1, 0.15) is 11.5 Å². The van der Waals surface area contributed by atoms with Gasteiger partial charge in [-0.2, -0.15) is 0 Å². The summed E-state index contributed by atoms with van der Waals surface area (Å²) in [5.41, 5.74) is 1.77. The fraction of sp³-hybridized carbons (Fsp3) is 0.438. The molecule has 0 bridgehead atoms. The summed E-state index contributed by atoms with van der Waals surface area (Å²) < 4.78 is 5.50. The molecule has 1 heterocycles. The van der Waals surface area contributed by atoms with E-state index in [2.05, 4.69) is 5.16 Å². The Kier molecular flexibility index (Phi) is 5.55. The summed E-state index contributed by atoms with van der Waals surface area (Å²) in [4.78, 5) is 23.6. The first kappa shape index (κ1) is 17.2. The fourth-order valence-electron chi connectivity index (χ4n) is 2.70. The zero-order valence-corrected chi connectivity index (χ0v) is 13.3. The number of oxime groups is 1. The molecule has 0 unspecified atom stereocenters. The summed E-state index contributed by atoms with van der Waals surface area (Å²) in [6.45, 7) is 3.09. The van der Waals surface area contributed by atoms with Crippen molar-refractivity contribution in [3.05, 3.63) is 29.3 Å². The SMILES string of the molecule is CC(=O)c1cccc2c1OB(O)[C@@H](CC(=O)CCC(C)=NO)C2. The van der Waals surface area contributed by atoms with Gasteiger partial charge in [-0.15, -0.1) is 0 Å². The van der Waals surface area contributed by atoms with Crippen LogP contribution in [0.5, 0.6) is 5.75 Å². The molecule has 0 amide bonds. The van der Waals surface area contributed by atoms with Gasteiger partial charge in [0, 0.05) is 18.7 Å². The Morgan fingerprint density at radius 1 is 1.35 bits per heavy atom. The normalized spacial score (nSPS) is 17.4. The molecule has 1 aromatic rings. The molecule has 2 rings (SSSR count). The van der Waals surface area contributed by atoms with Crippen molar-refractivity contribution in [3.8, 4) is 5.75 Å². The van der Waals surface area contributed by atoms with Gasteiger partial charge < -0.3 is 14.9 Å². The summed E-state index contributed by atoms with van der Waals surface area (Å²) in [5, 5.41) is 21.8. The van der Waals surface area contributed by atoms with Crippen LogP contribution in [0.15, 0.2) is 23.4 Å². The summed E-state index contributed by atoms with van der Waals surface area (Å²) in [6, 6.07) is 5.28. The highest BCUT2D eigenvalue weighted by molar-refractivity contribution is 6.47. The second-order valence-electron chi connectivity index (χ2n) is 5.90. The third-order valence-corrected chi connectivity index (χ3v) is 4.03. The van der Waals surface area contributed by atoms with E-state index in [0.29, 0.717) is 29.9 Å². The van der Waals surface area contributed by atoms with Crippen LogP contribution in [0.1, 0.15) is 49.0 Å². The number of rotatable bonds is 6. The number of nitrogens with zero attached hydrogens (tertiary/aromatic N) is 1.